The molecule has 0 heterocycles. The van der Waals surface area contributed by atoms with E-state index in [2.05, 4.69) is 15.9 Å². The van der Waals surface area contributed by atoms with Gasteiger partial charge in [-0.25, -0.2) is 8.78 Å². The van der Waals surface area contributed by atoms with Crippen LogP contribution in [0.1, 0.15) is 15.9 Å². The van der Waals surface area contributed by atoms with E-state index in [1.54, 1.807) is 0 Å². The standard InChI is InChI=1S/C14H8BrClF2O/c15-9-4-5-12(17)8(6-9)7-13(19)10-2-1-3-11(16)14(10)18/h1-6H,7H2. The zero-order valence-corrected chi connectivity index (χ0v) is 11.9. The van der Waals surface area contributed by atoms with Gasteiger partial charge in [0.2, 0.25) is 0 Å². The molecule has 0 aliphatic heterocycles. The topological polar surface area (TPSA) is 17.1 Å². The van der Waals surface area contributed by atoms with Crippen LogP contribution in [0.2, 0.25) is 5.02 Å². The lowest BCUT2D eigenvalue weighted by atomic mass is 10.0. The van der Waals surface area contributed by atoms with Crippen LogP contribution in [0, 0.1) is 11.6 Å². The Balaban J connectivity index is 2.31. The van der Waals surface area contributed by atoms with Crippen molar-refractivity contribution in [3.63, 3.8) is 0 Å². The molecule has 0 atom stereocenters. The second-order valence-electron chi connectivity index (χ2n) is 3.94. The van der Waals surface area contributed by atoms with Crippen molar-refractivity contribution in [1.82, 2.24) is 0 Å². The van der Waals surface area contributed by atoms with E-state index in [9.17, 15) is 13.6 Å². The van der Waals surface area contributed by atoms with Gasteiger partial charge in [0, 0.05) is 10.9 Å². The first kappa shape index (κ1) is 14.2. The maximum atomic E-state index is 13.7. The van der Waals surface area contributed by atoms with Crippen molar-refractivity contribution in [2.75, 3.05) is 0 Å². The zero-order chi connectivity index (χ0) is 14.0. The van der Waals surface area contributed by atoms with E-state index in [-0.39, 0.29) is 22.6 Å². The predicted octanol–water partition coefficient (Wildman–Crippen LogP) is 4.81. The van der Waals surface area contributed by atoms with Crippen LogP contribution >= 0.6 is 27.5 Å². The van der Waals surface area contributed by atoms with Crippen molar-refractivity contribution in [1.29, 1.82) is 0 Å². The van der Waals surface area contributed by atoms with Crippen molar-refractivity contribution in [2.24, 2.45) is 0 Å². The van der Waals surface area contributed by atoms with Gasteiger partial charge in [-0.1, -0.05) is 33.6 Å². The normalized spacial score (nSPS) is 10.5. The minimum Gasteiger partial charge on any atom is -0.294 e. The van der Waals surface area contributed by atoms with Crippen LogP contribution in [-0.2, 0) is 6.42 Å². The minimum absolute atomic E-state index is 0.124. The molecule has 0 spiro atoms. The molecule has 98 valence electrons. The fraction of sp³-hybridized carbons (Fsp3) is 0.0714. The van der Waals surface area contributed by atoms with Gasteiger partial charge in [0.05, 0.1) is 10.6 Å². The summed E-state index contributed by atoms with van der Waals surface area (Å²) in [7, 11) is 0. The second-order valence-corrected chi connectivity index (χ2v) is 5.26. The number of rotatable bonds is 3. The van der Waals surface area contributed by atoms with Gasteiger partial charge < -0.3 is 0 Å². The van der Waals surface area contributed by atoms with Gasteiger partial charge in [-0.15, -0.1) is 0 Å². The summed E-state index contributed by atoms with van der Waals surface area (Å²) in [5.41, 5.74) is 0.0747. The molecule has 0 aliphatic rings. The summed E-state index contributed by atoms with van der Waals surface area (Å²) in [6, 6.07) is 8.45. The summed E-state index contributed by atoms with van der Waals surface area (Å²) in [4.78, 5) is 12.0. The first-order valence-corrected chi connectivity index (χ1v) is 6.57. The zero-order valence-electron chi connectivity index (χ0n) is 9.59. The average Bonchev–Trinajstić information content (AvgIpc) is 2.37. The molecule has 0 bridgehead atoms. The average molecular weight is 346 g/mol. The van der Waals surface area contributed by atoms with Crippen molar-refractivity contribution in [3.8, 4) is 0 Å². The summed E-state index contributed by atoms with van der Waals surface area (Å²) in [6.45, 7) is 0. The summed E-state index contributed by atoms with van der Waals surface area (Å²) in [5, 5.41) is -0.124. The fourth-order valence-electron chi connectivity index (χ4n) is 1.67. The molecule has 0 saturated carbocycles. The van der Waals surface area contributed by atoms with Gasteiger partial charge >= 0.3 is 0 Å². The van der Waals surface area contributed by atoms with Crippen LogP contribution in [0.15, 0.2) is 40.9 Å². The molecule has 0 N–H and O–H groups in total. The number of Topliss-reactive ketones (excluding diaryl/α,β-unsaturated/α-hetero) is 1. The maximum Gasteiger partial charge on any atom is 0.170 e. The summed E-state index contributed by atoms with van der Waals surface area (Å²) < 4.78 is 27.9. The van der Waals surface area contributed by atoms with Crippen LogP contribution < -0.4 is 0 Å². The lowest BCUT2D eigenvalue weighted by Gasteiger charge is -2.05. The third-order valence-electron chi connectivity index (χ3n) is 2.61. The fourth-order valence-corrected chi connectivity index (χ4v) is 2.25. The van der Waals surface area contributed by atoms with Crippen LogP contribution in [0.5, 0.6) is 0 Å². The molecule has 0 aliphatic carbocycles. The van der Waals surface area contributed by atoms with Gasteiger partial charge in [-0.05, 0) is 35.9 Å². The van der Waals surface area contributed by atoms with Gasteiger partial charge in [-0.2, -0.15) is 0 Å². The van der Waals surface area contributed by atoms with Gasteiger partial charge in [0.25, 0.3) is 0 Å². The van der Waals surface area contributed by atoms with Crippen molar-refractivity contribution >= 4 is 33.3 Å². The van der Waals surface area contributed by atoms with E-state index >= 15 is 0 Å². The largest absolute Gasteiger partial charge is 0.294 e. The smallest absolute Gasteiger partial charge is 0.170 e. The van der Waals surface area contributed by atoms with E-state index in [0.29, 0.717) is 4.47 Å². The SMILES string of the molecule is O=C(Cc1cc(Br)ccc1F)c1cccc(Cl)c1F. The second kappa shape index (κ2) is 5.80. The number of hydrogen-bond acceptors (Lipinski definition) is 1. The van der Waals surface area contributed by atoms with Crippen molar-refractivity contribution in [2.45, 2.75) is 6.42 Å². The quantitative estimate of drug-likeness (QED) is 0.730. The number of carbonyl (C=O) groups is 1. The van der Waals surface area contributed by atoms with Crippen LogP contribution in [0.4, 0.5) is 8.78 Å². The molecule has 19 heavy (non-hydrogen) atoms. The molecule has 1 nitrogen and oxygen atoms in total. The third kappa shape index (κ3) is 3.19. The highest BCUT2D eigenvalue weighted by Crippen LogP contribution is 2.21. The lowest BCUT2D eigenvalue weighted by molar-refractivity contribution is 0.0988. The van der Waals surface area contributed by atoms with Crippen molar-refractivity contribution < 1.29 is 13.6 Å². The molecule has 0 fully saturated rings. The molecule has 0 amide bonds. The maximum absolute atomic E-state index is 13.7. The van der Waals surface area contributed by atoms with Gasteiger partial charge in [0.15, 0.2) is 11.6 Å². The summed E-state index contributed by atoms with van der Waals surface area (Å²) >= 11 is 8.80. The molecule has 5 heteroatoms. The highest BCUT2D eigenvalue weighted by molar-refractivity contribution is 9.10. The molecule has 0 aromatic heterocycles. The number of carbonyl (C=O) groups excluding carboxylic acids is 1. The van der Waals surface area contributed by atoms with E-state index in [1.165, 1.54) is 36.4 Å². The van der Waals surface area contributed by atoms with E-state index in [4.69, 9.17) is 11.6 Å². The molecule has 2 aromatic rings. The Morgan fingerprint density at radius 2 is 1.95 bits per heavy atom. The number of ketones is 1. The Kier molecular flexibility index (Phi) is 4.32. The molecular formula is C14H8BrClF2O. The first-order valence-electron chi connectivity index (χ1n) is 5.40. The Labute approximate surface area is 122 Å². The van der Waals surface area contributed by atoms with Gasteiger partial charge in [-0.3, -0.25) is 4.79 Å². The Morgan fingerprint density at radius 3 is 2.68 bits per heavy atom. The van der Waals surface area contributed by atoms with E-state index in [0.717, 1.165) is 0 Å². The Hall–Kier alpha value is -1.26. The van der Waals surface area contributed by atoms with Crippen LogP contribution in [0.3, 0.4) is 0 Å². The summed E-state index contributed by atoms with van der Waals surface area (Å²) in [6.07, 6.45) is -0.220. The Morgan fingerprint density at radius 1 is 1.21 bits per heavy atom. The van der Waals surface area contributed by atoms with E-state index in [1.807, 2.05) is 0 Å². The van der Waals surface area contributed by atoms with Crippen LogP contribution in [0.25, 0.3) is 0 Å². The lowest BCUT2D eigenvalue weighted by Crippen LogP contribution is -2.07. The first-order chi connectivity index (χ1) is 8.99. The molecular weight excluding hydrogens is 338 g/mol. The highest BCUT2D eigenvalue weighted by Gasteiger charge is 2.16. The third-order valence-corrected chi connectivity index (χ3v) is 3.40. The molecule has 0 saturated heterocycles. The summed E-state index contributed by atoms with van der Waals surface area (Å²) in [5.74, 6) is -1.79. The highest BCUT2D eigenvalue weighted by atomic mass is 79.9. The molecule has 2 aromatic carbocycles. The number of hydrogen-bond donors (Lipinski definition) is 0. The minimum atomic E-state index is -0.774. The van der Waals surface area contributed by atoms with Crippen molar-refractivity contribution in [3.05, 3.63) is 68.7 Å². The number of benzene rings is 2. The number of halogens is 4. The van der Waals surface area contributed by atoms with Crippen LogP contribution in [-0.4, -0.2) is 5.78 Å². The molecule has 0 radical (unpaired) electrons. The predicted molar refractivity (Wildman–Crippen MR) is 73.5 cm³/mol. The molecule has 0 unspecified atom stereocenters. The van der Waals surface area contributed by atoms with Gasteiger partial charge in [0.1, 0.15) is 5.82 Å². The van der Waals surface area contributed by atoms with E-state index < -0.39 is 17.4 Å². The Bertz CT molecular complexity index is 643. The monoisotopic (exact) mass is 344 g/mol. The molecule has 2 rings (SSSR count).